The van der Waals surface area contributed by atoms with Crippen LogP contribution in [0.25, 0.3) is 6.08 Å². The summed E-state index contributed by atoms with van der Waals surface area (Å²) in [6.07, 6.45) is 5.59. The second-order valence-corrected chi connectivity index (χ2v) is 6.44. The Morgan fingerprint density at radius 1 is 1.04 bits per heavy atom. The van der Waals surface area contributed by atoms with Gasteiger partial charge in [0.1, 0.15) is 28.6 Å². The first-order chi connectivity index (χ1) is 13.4. The Bertz CT molecular complexity index is 888. The van der Waals surface area contributed by atoms with Crippen molar-refractivity contribution < 1.29 is 24.1 Å². The minimum atomic E-state index is -0.275. The number of carbonyl (C=O) groups excluding carboxylic acids is 1. The van der Waals surface area contributed by atoms with E-state index in [1.54, 1.807) is 13.2 Å². The Labute approximate surface area is 165 Å². The van der Waals surface area contributed by atoms with E-state index in [2.05, 4.69) is 0 Å². The van der Waals surface area contributed by atoms with Crippen molar-refractivity contribution in [2.75, 3.05) is 21.3 Å². The molecular weight excluding hydrogens is 356 g/mol. The van der Waals surface area contributed by atoms with Gasteiger partial charge in [-0.3, -0.25) is 4.79 Å². The lowest BCUT2D eigenvalue weighted by Crippen LogP contribution is -2.06. The van der Waals surface area contributed by atoms with Crippen molar-refractivity contribution in [2.24, 2.45) is 0 Å². The lowest BCUT2D eigenvalue weighted by atomic mass is 9.99. The zero-order valence-corrected chi connectivity index (χ0v) is 16.9. The van der Waals surface area contributed by atoms with Crippen LogP contribution < -0.4 is 14.2 Å². The van der Waals surface area contributed by atoms with Gasteiger partial charge in [-0.2, -0.15) is 0 Å². The van der Waals surface area contributed by atoms with Gasteiger partial charge in [-0.05, 0) is 44.0 Å². The Kier molecular flexibility index (Phi) is 7.27. The number of ketones is 1. The summed E-state index contributed by atoms with van der Waals surface area (Å²) >= 11 is 0. The first-order valence-corrected chi connectivity index (χ1v) is 8.87. The van der Waals surface area contributed by atoms with Crippen molar-refractivity contribution in [3.05, 3.63) is 64.7 Å². The standard InChI is InChI=1S/C23H26O5/c1-15(2)6-12-18-20(25)14-21(27-4)22(23(18)28-5)19(24)13-9-16-7-10-17(26-3)11-8-16/h6-11,13-14,25H,12H2,1-5H3/b13-9+. The minimum Gasteiger partial charge on any atom is -0.507 e. The average molecular weight is 382 g/mol. The average Bonchev–Trinajstić information content (AvgIpc) is 2.70. The molecule has 0 spiro atoms. The molecule has 148 valence electrons. The van der Waals surface area contributed by atoms with E-state index in [4.69, 9.17) is 14.2 Å². The van der Waals surface area contributed by atoms with Gasteiger partial charge in [-0.25, -0.2) is 0 Å². The van der Waals surface area contributed by atoms with Gasteiger partial charge in [0.05, 0.1) is 21.3 Å². The van der Waals surface area contributed by atoms with E-state index >= 15 is 0 Å². The van der Waals surface area contributed by atoms with Crippen LogP contribution in [-0.2, 0) is 6.42 Å². The molecule has 2 rings (SSSR count). The molecule has 5 heteroatoms. The number of ether oxygens (including phenoxy) is 3. The molecule has 0 aliphatic rings. The SMILES string of the molecule is COc1ccc(/C=C/C(=O)c2c(OC)cc(O)c(CC=C(C)C)c2OC)cc1. The summed E-state index contributed by atoms with van der Waals surface area (Å²) in [4.78, 5) is 12.9. The molecule has 0 aliphatic carbocycles. The number of phenolic OH excluding ortho intramolecular Hbond substituents is 1. The summed E-state index contributed by atoms with van der Waals surface area (Å²) in [6.45, 7) is 3.94. The molecule has 0 amide bonds. The summed E-state index contributed by atoms with van der Waals surface area (Å²) < 4.78 is 16.0. The first kappa shape index (κ1) is 21.1. The summed E-state index contributed by atoms with van der Waals surface area (Å²) in [5.41, 5.74) is 2.79. The summed E-state index contributed by atoms with van der Waals surface area (Å²) in [5, 5.41) is 10.4. The number of rotatable bonds is 8. The molecule has 0 heterocycles. The van der Waals surface area contributed by atoms with Gasteiger partial charge < -0.3 is 19.3 Å². The minimum absolute atomic E-state index is 0.0295. The highest BCUT2D eigenvalue weighted by Gasteiger charge is 2.23. The maximum absolute atomic E-state index is 12.9. The highest BCUT2D eigenvalue weighted by atomic mass is 16.5. The quantitative estimate of drug-likeness (QED) is 0.403. The largest absolute Gasteiger partial charge is 0.507 e. The third kappa shape index (κ3) is 4.94. The molecule has 0 fully saturated rings. The van der Waals surface area contributed by atoms with Crippen LogP contribution >= 0.6 is 0 Å². The number of phenols is 1. The smallest absolute Gasteiger partial charge is 0.193 e. The molecule has 0 saturated heterocycles. The fraction of sp³-hybridized carbons (Fsp3) is 0.261. The highest BCUT2D eigenvalue weighted by molar-refractivity contribution is 6.11. The second-order valence-electron chi connectivity index (χ2n) is 6.44. The molecule has 0 saturated carbocycles. The second kappa shape index (κ2) is 9.65. The number of methoxy groups -OCH3 is 3. The number of carbonyl (C=O) groups is 1. The summed E-state index contributed by atoms with van der Waals surface area (Å²) in [6, 6.07) is 8.81. The van der Waals surface area contributed by atoms with E-state index in [1.165, 1.54) is 26.4 Å². The van der Waals surface area contributed by atoms with Crippen LogP contribution in [0.5, 0.6) is 23.0 Å². The van der Waals surface area contributed by atoms with Crippen LogP contribution in [0.1, 0.15) is 35.3 Å². The molecule has 2 aromatic rings. The van der Waals surface area contributed by atoms with E-state index in [0.717, 1.165) is 16.9 Å². The summed E-state index contributed by atoms with van der Waals surface area (Å²) in [5.74, 6) is 1.08. The number of benzene rings is 2. The van der Waals surface area contributed by atoms with Gasteiger partial charge in [0.25, 0.3) is 0 Å². The fourth-order valence-corrected chi connectivity index (χ4v) is 2.76. The Balaban J connectivity index is 2.45. The number of hydrogen-bond donors (Lipinski definition) is 1. The number of allylic oxidation sites excluding steroid dienone is 3. The van der Waals surface area contributed by atoms with Crippen molar-refractivity contribution in [2.45, 2.75) is 20.3 Å². The van der Waals surface area contributed by atoms with E-state index in [0.29, 0.717) is 17.7 Å². The van der Waals surface area contributed by atoms with Gasteiger partial charge in [-0.15, -0.1) is 0 Å². The monoisotopic (exact) mass is 382 g/mol. The molecule has 2 aromatic carbocycles. The van der Waals surface area contributed by atoms with E-state index in [1.807, 2.05) is 44.2 Å². The zero-order valence-electron chi connectivity index (χ0n) is 16.9. The zero-order chi connectivity index (χ0) is 20.7. The third-order valence-electron chi connectivity index (χ3n) is 4.25. The molecular formula is C23H26O5. The van der Waals surface area contributed by atoms with E-state index in [-0.39, 0.29) is 22.8 Å². The highest BCUT2D eigenvalue weighted by Crippen LogP contribution is 2.39. The predicted molar refractivity (Wildman–Crippen MR) is 111 cm³/mol. The molecule has 0 aliphatic heterocycles. The third-order valence-corrected chi connectivity index (χ3v) is 4.25. The Morgan fingerprint density at radius 2 is 1.71 bits per heavy atom. The van der Waals surface area contributed by atoms with Crippen molar-refractivity contribution in [3.63, 3.8) is 0 Å². The summed E-state index contributed by atoms with van der Waals surface area (Å²) in [7, 11) is 4.53. The molecule has 0 radical (unpaired) electrons. The maximum atomic E-state index is 12.9. The molecule has 1 N–H and O–H groups in total. The first-order valence-electron chi connectivity index (χ1n) is 8.87. The van der Waals surface area contributed by atoms with Gasteiger partial charge >= 0.3 is 0 Å². The molecule has 0 aromatic heterocycles. The van der Waals surface area contributed by atoms with Crippen LogP contribution in [0.2, 0.25) is 0 Å². The van der Waals surface area contributed by atoms with Crippen molar-refractivity contribution in [3.8, 4) is 23.0 Å². The lowest BCUT2D eigenvalue weighted by molar-refractivity contribution is 0.104. The van der Waals surface area contributed by atoms with Gasteiger partial charge in [-0.1, -0.05) is 29.9 Å². The maximum Gasteiger partial charge on any atom is 0.193 e. The topological polar surface area (TPSA) is 65.0 Å². The predicted octanol–water partition coefficient (Wildman–Crippen LogP) is 4.82. The van der Waals surface area contributed by atoms with Crippen LogP contribution in [0.3, 0.4) is 0 Å². The molecule has 0 atom stereocenters. The van der Waals surface area contributed by atoms with Crippen LogP contribution in [0.15, 0.2) is 48.1 Å². The van der Waals surface area contributed by atoms with Crippen LogP contribution in [-0.4, -0.2) is 32.2 Å². The molecule has 0 bridgehead atoms. The fourth-order valence-electron chi connectivity index (χ4n) is 2.76. The van der Waals surface area contributed by atoms with Gasteiger partial charge in [0.15, 0.2) is 5.78 Å². The van der Waals surface area contributed by atoms with Crippen LogP contribution in [0, 0.1) is 0 Å². The Morgan fingerprint density at radius 3 is 2.25 bits per heavy atom. The molecule has 0 unspecified atom stereocenters. The number of hydrogen-bond acceptors (Lipinski definition) is 5. The van der Waals surface area contributed by atoms with Crippen molar-refractivity contribution >= 4 is 11.9 Å². The van der Waals surface area contributed by atoms with E-state index in [9.17, 15) is 9.90 Å². The molecule has 28 heavy (non-hydrogen) atoms. The normalized spacial score (nSPS) is 10.6. The van der Waals surface area contributed by atoms with Crippen LogP contribution in [0.4, 0.5) is 0 Å². The number of aromatic hydroxyl groups is 1. The van der Waals surface area contributed by atoms with Crippen molar-refractivity contribution in [1.29, 1.82) is 0 Å². The van der Waals surface area contributed by atoms with E-state index < -0.39 is 0 Å². The Hall–Kier alpha value is -3.21. The lowest BCUT2D eigenvalue weighted by Gasteiger charge is -2.16. The molecule has 5 nitrogen and oxygen atoms in total. The van der Waals surface area contributed by atoms with Gasteiger partial charge in [0, 0.05) is 11.6 Å². The van der Waals surface area contributed by atoms with Gasteiger partial charge in [0.2, 0.25) is 0 Å². The van der Waals surface area contributed by atoms with Crippen molar-refractivity contribution in [1.82, 2.24) is 0 Å².